The van der Waals surface area contributed by atoms with E-state index in [1.807, 2.05) is 4.72 Å². The van der Waals surface area contributed by atoms with Gasteiger partial charge in [-0.2, -0.15) is 13.2 Å². The molecular weight excluding hydrogens is 459 g/mol. The van der Waals surface area contributed by atoms with Crippen LogP contribution >= 0.6 is 11.6 Å². The Morgan fingerprint density at radius 3 is 2.55 bits per heavy atom. The second kappa shape index (κ2) is 8.23. The number of carbonyl (C=O) groups excluding carboxylic acids is 1. The zero-order valence-corrected chi connectivity index (χ0v) is 17.6. The maximum Gasteiger partial charge on any atom is 0.416 e. The SMILES string of the molecule is COc1ccc(Cl)c(S(=O)(=O)NC(=O)c2cn(-c3cccc(C(F)(F)F)c3)c(C)n2)c1. The first kappa shape index (κ1) is 22.6. The number of aryl methyl sites for hydroxylation is 1. The van der Waals surface area contributed by atoms with Crippen LogP contribution in [0.3, 0.4) is 0 Å². The first-order valence-corrected chi connectivity index (χ1v) is 10.4. The number of amides is 1. The van der Waals surface area contributed by atoms with Gasteiger partial charge in [-0.3, -0.25) is 4.79 Å². The number of hydrogen-bond acceptors (Lipinski definition) is 5. The summed E-state index contributed by atoms with van der Waals surface area (Å²) in [5.41, 5.74) is -1.07. The van der Waals surface area contributed by atoms with Gasteiger partial charge in [0, 0.05) is 18.0 Å². The Morgan fingerprint density at radius 1 is 1.19 bits per heavy atom. The van der Waals surface area contributed by atoms with Crippen LogP contribution in [0, 0.1) is 6.92 Å². The Balaban J connectivity index is 1.91. The lowest BCUT2D eigenvalue weighted by Gasteiger charge is -2.10. The molecular formula is C19H15ClF3N3O4S. The molecule has 3 rings (SSSR count). The minimum Gasteiger partial charge on any atom is -0.497 e. The second-order valence-electron chi connectivity index (χ2n) is 6.32. The zero-order valence-electron chi connectivity index (χ0n) is 16.1. The fourth-order valence-electron chi connectivity index (χ4n) is 2.72. The van der Waals surface area contributed by atoms with E-state index in [4.69, 9.17) is 16.3 Å². The molecule has 0 bridgehead atoms. The highest BCUT2D eigenvalue weighted by Gasteiger charge is 2.31. The number of alkyl halides is 3. The van der Waals surface area contributed by atoms with E-state index in [0.29, 0.717) is 0 Å². The summed E-state index contributed by atoms with van der Waals surface area (Å²) in [4.78, 5) is 16.1. The molecule has 7 nitrogen and oxygen atoms in total. The van der Waals surface area contributed by atoms with Gasteiger partial charge in [0.2, 0.25) is 0 Å². The fourth-order valence-corrected chi connectivity index (χ4v) is 4.20. The van der Waals surface area contributed by atoms with Gasteiger partial charge in [0.05, 0.1) is 17.7 Å². The minimum absolute atomic E-state index is 0.109. The summed E-state index contributed by atoms with van der Waals surface area (Å²) in [5.74, 6) is -0.684. The zero-order chi connectivity index (χ0) is 23.0. The third-order valence-electron chi connectivity index (χ3n) is 4.22. The lowest BCUT2D eigenvalue weighted by molar-refractivity contribution is -0.137. The highest BCUT2D eigenvalue weighted by atomic mass is 35.5. The Labute approximate surface area is 180 Å². The first-order valence-electron chi connectivity index (χ1n) is 8.56. The summed E-state index contributed by atoms with van der Waals surface area (Å²) in [6, 6.07) is 8.31. The van der Waals surface area contributed by atoms with E-state index in [0.717, 1.165) is 24.4 Å². The largest absolute Gasteiger partial charge is 0.497 e. The molecule has 3 aromatic rings. The number of sulfonamides is 1. The van der Waals surface area contributed by atoms with Gasteiger partial charge in [-0.05, 0) is 37.3 Å². The summed E-state index contributed by atoms with van der Waals surface area (Å²) in [5, 5.41) is -0.133. The monoisotopic (exact) mass is 473 g/mol. The predicted molar refractivity (Wildman–Crippen MR) is 106 cm³/mol. The number of imidazole rings is 1. The van der Waals surface area contributed by atoms with Crippen molar-refractivity contribution >= 4 is 27.5 Å². The van der Waals surface area contributed by atoms with Crippen LogP contribution in [0.1, 0.15) is 21.9 Å². The second-order valence-corrected chi connectivity index (χ2v) is 8.38. The van der Waals surface area contributed by atoms with Gasteiger partial charge in [0.15, 0.2) is 0 Å². The van der Waals surface area contributed by atoms with Crippen LogP contribution in [0.5, 0.6) is 5.75 Å². The molecule has 1 aromatic heterocycles. The van der Waals surface area contributed by atoms with Gasteiger partial charge in [-0.25, -0.2) is 18.1 Å². The van der Waals surface area contributed by atoms with E-state index in [9.17, 15) is 26.4 Å². The van der Waals surface area contributed by atoms with Gasteiger partial charge in [-0.1, -0.05) is 17.7 Å². The van der Waals surface area contributed by atoms with Crippen molar-refractivity contribution in [1.29, 1.82) is 0 Å². The Morgan fingerprint density at radius 2 is 1.90 bits per heavy atom. The number of ether oxygens (including phenoxy) is 1. The Hall–Kier alpha value is -3.05. The fraction of sp³-hybridized carbons (Fsp3) is 0.158. The van der Waals surface area contributed by atoms with Gasteiger partial charge in [0.1, 0.15) is 22.2 Å². The van der Waals surface area contributed by atoms with Crippen LogP contribution < -0.4 is 9.46 Å². The molecule has 0 saturated heterocycles. The highest BCUT2D eigenvalue weighted by Crippen LogP contribution is 2.31. The molecule has 1 amide bonds. The van der Waals surface area contributed by atoms with Crippen molar-refractivity contribution in [1.82, 2.24) is 14.3 Å². The lowest BCUT2D eigenvalue weighted by atomic mass is 10.2. The topological polar surface area (TPSA) is 90.3 Å². The number of rotatable bonds is 5. The molecule has 1 N–H and O–H groups in total. The van der Waals surface area contributed by atoms with Crippen LogP contribution in [0.15, 0.2) is 53.6 Å². The van der Waals surface area contributed by atoms with Crippen molar-refractivity contribution in [3.05, 3.63) is 70.8 Å². The first-order chi connectivity index (χ1) is 14.4. The molecule has 1 heterocycles. The molecule has 2 aromatic carbocycles. The van der Waals surface area contributed by atoms with Gasteiger partial charge >= 0.3 is 6.18 Å². The third kappa shape index (κ3) is 4.83. The summed E-state index contributed by atoms with van der Waals surface area (Å²) in [6.45, 7) is 1.46. The average molecular weight is 474 g/mol. The van der Waals surface area contributed by atoms with Crippen molar-refractivity contribution in [3.63, 3.8) is 0 Å². The Kier molecular flexibility index (Phi) is 6.01. The standard InChI is InChI=1S/C19H15ClF3N3O4S/c1-11-24-16(10-26(11)13-5-3-4-12(8-13)19(21,22)23)18(27)25-31(28,29)17-9-14(30-2)6-7-15(17)20/h3-10H,1-2H3,(H,25,27). The highest BCUT2D eigenvalue weighted by molar-refractivity contribution is 7.90. The normalized spacial score (nSPS) is 11.9. The van der Waals surface area contributed by atoms with E-state index in [1.54, 1.807) is 0 Å². The summed E-state index contributed by atoms with van der Waals surface area (Å²) >= 11 is 5.93. The van der Waals surface area contributed by atoms with E-state index in [2.05, 4.69) is 4.98 Å². The van der Waals surface area contributed by atoms with Crippen LogP contribution in [0.2, 0.25) is 5.02 Å². The van der Waals surface area contributed by atoms with E-state index in [1.165, 1.54) is 42.9 Å². The number of nitrogens with one attached hydrogen (secondary N) is 1. The van der Waals surface area contributed by atoms with Gasteiger partial charge < -0.3 is 9.30 Å². The summed E-state index contributed by atoms with van der Waals surface area (Å²) in [7, 11) is -3.04. The van der Waals surface area contributed by atoms with Crippen molar-refractivity contribution in [3.8, 4) is 11.4 Å². The number of nitrogens with zero attached hydrogens (tertiary/aromatic N) is 2. The maximum atomic E-state index is 13.0. The van der Waals surface area contributed by atoms with E-state index >= 15 is 0 Å². The molecule has 0 radical (unpaired) electrons. The molecule has 0 unspecified atom stereocenters. The molecule has 31 heavy (non-hydrogen) atoms. The molecule has 0 fully saturated rings. The van der Waals surface area contributed by atoms with Crippen LogP contribution in [0.25, 0.3) is 5.69 Å². The number of halogens is 4. The molecule has 0 atom stereocenters. The molecule has 0 aliphatic heterocycles. The van der Waals surface area contributed by atoms with E-state index < -0.39 is 27.7 Å². The summed E-state index contributed by atoms with van der Waals surface area (Å²) in [6.07, 6.45) is -3.41. The van der Waals surface area contributed by atoms with Crippen LogP contribution in [0.4, 0.5) is 13.2 Å². The molecule has 0 aliphatic carbocycles. The van der Waals surface area contributed by atoms with Crippen molar-refractivity contribution in [2.24, 2.45) is 0 Å². The van der Waals surface area contributed by atoms with Crippen LogP contribution in [-0.4, -0.2) is 31.0 Å². The summed E-state index contributed by atoms with van der Waals surface area (Å²) < 4.78 is 72.2. The molecule has 12 heteroatoms. The number of methoxy groups -OCH3 is 1. The molecule has 0 saturated carbocycles. The maximum absolute atomic E-state index is 13.0. The quantitative estimate of drug-likeness (QED) is 0.605. The molecule has 0 spiro atoms. The number of carbonyl (C=O) groups is 1. The predicted octanol–water partition coefficient (Wildman–Crippen LogP) is 3.98. The Bertz CT molecular complexity index is 1260. The molecule has 0 aliphatic rings. The van der Waals surface area contributed by atoms with Crippen molar-refractivity contribution < 1.29 is 31.1 Å². The van der Waals surface area contributed by atoms with Crippen LogP contribution in [-0.2, 0) is 16.2 Å². The van der Waals surface area contributed by atoms with Crippen molar-refractivity contribution in [2.75, 3.05) is 7.11 Å². The lowest BCUT2D eigenvalue weighted by Crippen LogP contribution is -2.31. The molecule has 164 valence electrons. The van der Waals surface area contributed by atoms with E-state index in [-0.39, 0.29) is 32.9 Å². The average Bonchev–Trinajstić information content (AvgIpc) is 3.09. The number of benzene rings is 2. The minimum atomic E-state index is -4.55. The third-order valence-corrected chi connectivity index (χ3v) is 6.03. The van der Waals surface area contributed by atoms with Gasteiger partial charge in [0.25, 0.3) is 15.9 Å². The number of aromatic nitrogens is 2. The van der Waals surface area contributed by atoms with Gasteiger partial charge in [-0.15, -0.1) is 0 Å². The van der Waals surface area contributed by atoms with Crippen molar-refractivity contribution in [2.45, 2.75) is 18.0 Å². The smallest absolute Gasteiger partial charge is 0.416 e. The number of hydrogen-bond donors (Lipinski definition) is 1.